The summed E-state index contributed by atoms with van der Waals surface area (Å²) < 4.78 is 43.8. The summed E-state index contributed by atoms with van der Waals surface area (Å²) in [6.07, 6.45) is 0.513. The summed E-state index contributed by atoms with van der Waals surface area (Å²) in [6, 6.07) is 18.0. The van der Waals surface area contributed by atoms with Crippen molar-refractivity contribution < 1.29 is 27.2 Å². The largest absolute Gasteiger partial charge is 0.490 e. The van der Waals surface area contributed by atoms with Crippen molar-refractivity contribution in [1.82, 2.24) is 5.32 Å². The van der Waals surface area contributed by atoms with E-state index in [9.17, 15) is 8.42 Å². The maximum atomic E-state index is 9.19. The maximum Gasteiger partial charge on any atom is 0.261 e. The van der Waals surface area contributed by atoms with Gasteiger partial charge in [0, 0.05) is 13.1 Å². The molecule has 0 aromatic heterocycles. The fourth-order valence-corrected chi connectivity index (χ4v) is 2.74. The average molecular weight is 410 g/mol. The third-order valence-corrected chi connectivity index (χ3v) is 3.83. The Hall–Kier alpha value is -2.13. The van der Waals surface area contributed by atoms with E-state index in [-0.39, 0.29) is 12.2 Å². The van der Waals surface area contributed by atoms with E-state index in [2.05, 4.69) is 17.4 Å². The van der Waals surface area contributed by atoms with Crippen molar-refractivity contribution >= 4 is 10.1 Å². The van der Waals surface area contributed by atoms with Gasteiger partial charge in [-0.25, -0.2) is 0 Å². The van der Waals surface area contributed by atoms with Crippen molar-refractivity contribution in [2.45, 2.75) is 19.1 Å². The minimum absolute atomic E-state index is 0.0270. The van der Waals surface area contributed by atoms with Gasteiger partial charge in [-0.2, -0.15) is 8.42 Å². The Labute approximate surface area is 166 Å². The van der Waals surface area contributed by atoms with Crippen LogP contribution in [0.4, 0.5) is 0 Å². The molecule has 2 aromatic carbocycles. The molecule has 2 atom stereocenters. The van der Waals surface area contributed by atoms with E-state index in [1.165, 1.54) is 0 Å². The van der Waals surface area contributed by atoms with Gasteiger partial charge in [0.15, 0.2) is 17.6 Å². The molecule has 0 amide bonds. The quantitative estimate of drug-likeness (QED) is 0.709. The lowest BCUT2D eigenvalue weighted by Crippen LogP contribution is -2.43. The van der Waals surface area contributed by atoms with Crippen molar-refractivity contribution in [3.8, 4) is 11.5 Å². The van der Waals surface area contributed by atoms with Gasteiger partial charge in [0.2, 0.25) is 0 Å². The number of hydrogen-bond acceptors (Lipinski definition) is 6. The number of hydrogen-bond donors (Lipinski definition) is 2. The zero-order chi connectivity index (χ0) is 20.4. The van der Waals surface area contributed by atoms with Gasteiger partial charge in [0.05, 0.1) is 19.5 Å². The highest BCUT2D eigenvalue weighted by Gasteiger charge is 2.28. The fourth-order valence-electron chi connectivity index (χ4n) is 2.74. The molecule has 0 radical (unpaired) electrons. The summed E-state index contributed by atoms with van der Waals surface area (Å²) in [5.74, 6) is 1.51. The van der Waals surface area contributed by atoms with Crippen LogP contribution in [0, 0.1) is 0 Å². The van der Waals surface area contributed by atoms with Crippen LogP contribution in [0.3, 0.4) is 0 Å². The molecule has 1 fully saturated rings. The standard InChI is InChI=1S/C19H23NO3.CH4O3S/c1-2-21-16-10-6-7-11-17(16)23-19(15-8-4-3-5-9-15)18-14-20-12-13-22-18;1-5(2,3)4/h3-11,18-20H,2,12-14H2,1H3;1H3,(H,2,3,4)/t18-,19-;/m1./s1. The van der Waals surface area contributed by atoms with Gasteiger partial charge in [-0.05, 0) is 24.6 Å². The van der Waals surface area contributed by atoms with Crippen LogP contribution in [0.2, 0.25) is 0 Å². The molecular weight excluding hydrogens is 382 g/mol. The van der Waals surface area contributed by atoms with Crippen LogP contribution in [0.5, 0.6) is 11.5 Å². The minimum atomic E-state index is -3.67. The number of benzene rings is 2. The van der Waals surface area contributed by atoms with Gasteiger partial charge in [0.25, 0.3) is 10.1 Å². The molecule has 0 spiro atoms. The molecule has 8 heteroatoms. The molecule has 3 rings (SSSR count). The lowest BCUT2D eigenvalue weighted by molar-refractivity contribution is -0.0439. The van der Waals surface area contributed by atoms with E-state index in [1.807, 2.05) is 49.4 Å². The van der Waals surface area contributed by atoms with Crippen LogP contribution in [-0.4, -0.2) is 51.6 Å². The second-order valence-electron chi connectivity index (χ2n) is 6.18. The van der Waals surface area contributed by atoms with Crippen LogP contribution in [-0.2, 0) is 14.9 Å². The summed E-state index contributed by atoms with van der Waals surface area (Å²) in [5, 5.41) is 3.37. The van der Waals surface area contributed by atoms with Gasteiger partial charge in [0.1, 0.15) is 6.10 Å². The topological polar surface area (TPSA) is 94.1 Å². The fraction of sp³-hybridized carbons (Fsp3) is 0.400. The lowest BCUT2D eigenvalue weighted by Gasteiger charge is -2.32. The molecule has 7 nitrogen and oxygen atoms in total. The molecule has 1 aliphatic heterocycles. The summed E-state index contributed by atoms with van der Waals surface area (Å²) in [6.45, 7) is 4.94. The normalized spacial score (nSPS) is 17.8. The number of rotatable bonds is 6. The summed E-state index contributed by atoms with van der Waals surface area (Å²) in [7, 11) is -3.67. The molecule has 1 aliphatic rings. The molecule has 2 aromatic rings. The first-order valence-corrected chi connectivity index (χ1v) is 10.9. The molecule has 1 heterocycles. The predicted octanol–water partition coefficient (Wildman–Crippen LogP) is 2.70. The Bertz CT molecular complexity index is 798. The van der Waals surface area contributed by atoms with E-state index < -0.39 is 10.1 Å². The molecule has 0 unspecified atom stereocenters. The van der Waals surface area contributed by atoms with E-state index in [1.54, 1.807) is 0 Å². The maximum absolute atomic E-state index is 9.19. The number of morpholine rings is 1. The van der Waals surface area contributed by atoms with Crippen molar-refractivity contribution in [1.29, 1.82) is 0 Å². The third-order valence-electron chi connectivity index (χ3n) is 3.83. The molecule has 1 saturated heterocycles. The lowest BCUT2D eigenvalue weighted by atomic mass is 10.0. The number of ether oxygens (including phenoxy) is 3. The molecule has 28 heavy (non-hydrogen) atoms. The highest BCUT2D eigenvalue weighted by atomic mass is 32.2. The minimum Gasteiger partial charge on any atom is -0.490 e. The van der Waals surface area contributed by atoms with Crippen LogP contribution in [0.1, 0.15) is 18.6 Å². The summed E-state index contributed by atoms with van der Waals surface area (Å²) >= 11 is 0. The van der Waals surface area contributed by atoms with Gasteiger partial charge < -0.3 is 19.5 Å². The Kier molecular flexibility index (Phi) is 8.72. The smallest absolute Gasteiger partial charge is 0.261 e. The number of para-hydroxylation sites is 2. The highest BCUT2D eigenvalue weighted by Crippen LogP contribution is 2.33. The first kappa shape index (κ1) is 22.2. The van der Waals surface area contributed by atoms with Crippen molar-refractivity contribution in [2.75, 3.05) is 32.6 Å². The molecule has 2 N–H and O–H groups in total. The van der Waals surface area contributed by atoms with E-state index >= 15 is 0 Å². The zero-order valence-electron chi connectivity index (χ0n) is 16.1. The van der Waals surface area contributed by atoms with E-state index in [4.69, 9.17) is 18.8 Å². The third kappa shape index (κ3) is 7.85. The first-order valence-electron chi connectivity index (χ1n) is 9.06. The Morgan fingerprint density at radius 2 is 1.75 bits per heavy atom. The highest BCUT2D eigenvalue weighted by molar-refractivity contribution is 7.85. The Morgan fingerprint density at radius 3 is 2.32 bits per heavy atom. The SMILES string of the molecule is CCOc1ccccc1O[C@H](c1ccccc1)[C@H]1CNCCO1.CS(=O)(=O)O. The molecular formula is C20H27NO6S. The van der Waals surface area contributed by atoms with Gasteiger partial charge >= 0.3 is 0 Å². The van der Waals surface area contributed by atoms with Gasteiger partial charge in [-0.1, -0.05) is 42.5 Å². The second kappa shape index (κ2) is 11.0. The zero-order valence-corrected chi connectivity index (χ0v) is 16.9. The van der Waals surface area contributed by atoms with Crippen LogP contribution >= 0.6 is 0 Å². The molecule has 0 bridgehead atoms. The van der Waals surface area contributed by atoms with Gasteiger partial charge in [-0.3, -0.25) is 4.55 Å². The van der Waals surface area contributed by atoms with Crippen LogP contribution in [0.25, 0.3) is 0 Å². The molecule has 154 valence electrons. The number of nitrogens with one attached hydrogen (secondary N) is 1. The Balaban J connectivity index is 0.000000500. The van der Waals surface area contributed by atoms with E-state index in [0.717, 1.165) is 30.2 Å². The van der Waals surface area contributed by atoms with Crippen molar-refractivity contribution in [2.24, 2.45) is 0 Å². The second-order valence-corrected chi connectivity index (χ2v) is 7.64. The predicted molar refractivity (Wildman–Crippen MR) is 108 cm³/mol. The average Bonchev–Trinajstić information content (AvgIpc) is 2.67. The van der Waals surface area contributed by atoms with Crippen LogP contribution < -0.4 is 14.8 Å². The summed E-state index contributed by atoms with van der Waals surface area (Å²) in [5.41, 5.74) is 1.10. The van der Waals surface area contributed by atoms with Crippen LogP contribution in [0.15, 0.2) is 54.6 Å². The van der Waals surface area contributed by atoms with Crippen molar-refractivity contribution in [3.05, 3.63) is 60.2 Å². The van der Waals surface area contributed by atoms with Crippen molar-refractivity contribution in [3.63, 3.8) is 0 Å². The van der Waals surface area contributed by atoms with Gasteiger partial charge in [-0.15, -0.1) is 0 Å². The molecule has 0 saturated carbocycles. The first-order chi connectivity index (χ1) is 13.4. The Morgan fingerprint density at radius 1 is 1.14 bits per heavy atom. The molecule has 0 aliphatic carbocycles. The van der Waals surface area contributed by atoms with E-state index in [0.29, 0.717) is 19.5 Å². The monoisotopic (exact) mass is 409 g/mol. The summed E-state index contributed by atoms with van der Waals surface area (Å²) in [4.78, 5) is 0.